The first-order valence-corrected chi connectivity index (χ1v) is 8.37. The van der Waals surface area contributed by atoms with Crippen LogP contribution < -0.4 is 5.32 Å². The summed E-state index contributed by atoms with van der Waals surface area (Å²) >= 11 is 0. The van der Waals surface area contributed by atoms with Crippen LogP contribution in [0.5, 0.6) is 0 Å². The van der Waals surface area contributed by atoms with Gasteiger partial charge >= 0.3 is 6.03 Å². The zero-order chi connectivity index (χ0) is 18.5. The molecule has 0 aliphatic rings. The molecule has 1 N–H and O–H groups in total. The first-order chi connectivity index (χ1) is 12.5. The van der Waals surface area contributed by atoms with Gasteiger partial charge in [0, 0.05) is 45.1 Å². The zero-order valence-electron chi connectivity index (χ0n) is 15.1. The average molecular weight is 354 g/mol. The molecule has 136 valence electrons. The van der Waals surface area contributed by atoms with E-state index in [0.29, 0.717) is 6.54 Å². The molecule has 0 bridgehead atoms. The Hall–Kier alpha value is -3.23. The molecule has 3 aromatic rings. The fourth-order valence-electron chi connectivity index (χ4n) is 2.59. The number of anilines is 1. The number of aromatic nitrogens is 6. The van der Waals surface area contributed by atoms with Gasteiger partial charge in [0.25, 0.3) is 0 Å². The Morgan fingerprint density at radius 1 is 1.35 bits per heavy atom. The number of rotatable bonds is 6. The lowest BCUT2D eigenvalue weighted by atomic mass is 10.2. The SMILES string of the molecule is Cc1ccc(-n2cnnn2)cc1NC(=O)N(C)CCCc1nccn1C. The van der Waals surface area contributed by atoms with E-state index < -0.39 is 0 Å². The minimum atomic E-state index is -0.151. The molecule has 0 spiro atoms. The van der Waals surface area contributed by atoms with Gasteiger partial charge in [-0.25, -0.2) is 14.5 Å². The van der Waals surface area contributed by atoms with Gasteiger partial charge < -0.3 is 14.8 Å². The largest absolute Gasteiger partial charge is 0.338 e. The van der Waals surface area contributed by atoms with Crippen molar-refractivity contribution < 1.29 is 4.79 Å². The maximum absolute atomic E-state index is 12.5. The van der Waals surface area contributed by atoms with Crippen molar-refractivity contribution >= 4 is 11.7 Å². The molecule has 2 heterocycles. The van der Waals surface area contributed by atoms with Gasteiger partial charge in [-0.1, -0.05) is 6.07 Å². The smallest absolute Gasteiger partial charge is 0.321 e. The highest BCUT2D eigenvalue weighted by molar-refractivity contribution is 5.90. The lowest BCUT2D eigenvalue weighted by molar-refractivity contribution is 0.222. The summed E-state index contributed by atoms with van der Waals surface area (Å²) in [6.07, 6.45) is 6.89. The van der Waals surface area contributed by atoms with Crippen LogP contribution >= 0.6 is 0 Å². The Morgan fingerprint density at radius 2 is 2.19 bits per heavy atom. The maximum Gasteiger partial charge on any atom is 0.321 e. The molecular formula is C17H22N8O. The molecule has 0 aliphatic carbocycles. The van der Waals surface area contributed by atoms with Gasteiger partial charge in [0.15, 0.2) is 0 Å². The quantitative estimate of drug-likeness (QED) is 0.728. The van der Waals surface area contributed by atoms with Crippen LogP contribution in [0.1, 0.15) is 17.8 Å². The number of nitrogens with one attached hydrogen (secondary N) is 1. The molecule has 0 aliphatic heterocycles. The van der Waals surface area contributed by atoms with Crippen LogP contribution in [0.15, 0.2) is 36.9 Å². The summed E-state index contributed by atoms with van der Waals surface area (Å²) < 4.78 is 3.54. The molecule has 1 aromatic carbocycles. The van der Waals surface area contributed by atoms with E-state index in [-0.39, 0.29) is 6.03 Å². The van der Waals surface area contributed by atoms with Crippen LogP contribution in [0.3, 0.4) is 0 Å². The highest BCUT2D eigenvalue weighted by Crippen LogP contribution is 2.19. The minimum Gasteiger partial charge on any atom is -0.338 e. The van der Waals surface area contributed by atoms with Gasteiger partial charge in [0.1, 0.15) is 12.2 Å². The standard InChI is InChI=1S/C17H22N8O/c1-13-6-7-14(25-12-19-21-22-25)11-15(13)20-17(26)24(3)9-4-5-16-18-8-10-23(16)2/h6-8,10-12H,4-5,9H2,1-3H3,(H,20,26). The summed E-state index contributed by atoms with van der Waals surface area (Å²) in [5.41, 5.74) is 2.49. The molecule has 0 saturated heterocycles. The molecule has 0 radical (unpaired) electrons. The van der Waals surface area contributed by atoms with Crippen molar-refractivity contribution in [2.45, 2.75) is 19.8 Å². The number of urea groups is 1. The van der Waals surface area contributed by atoms with Crippen molar-refractivity contribution in [3.8, 4) is 5.69 Å². The van der Waals surface area contributed by atoms with Crippen molar-refractivity contribution in [2.24, 2.45) is 7.05 Å². The van der Waals surface area contributed by atoms with Gasteiger partial charge in [-0.3, -0.25) is 0 Å². The van der Waals surface area contributed by atoms with Crippen LogP contribution in [0.2, 0.25) is 0 Å². The van der Waals surface area contributed by atoms with E-state index >= 15 is 0 Å². The summed E-state index contributed by atoms with van der Waals surface area (Å²) in [6, 6.07) is 5.53. The molecule has 9 nitrogen and oxygen atoms in total. The summed E-state index contributed by atoms with van der Waals surface area (Å²) in [4.78, 5) is 18.4. The Kier molecular flexibility index (Phi) is 5.26. The fourth-order valence-corrected chi connectivity index (χ4v) is 2.59. The Morgan fingerprint density at radius 3 is 2.88 bits per heavy atom. The number of amides is 2. The zero-order valence-corrected chi connectivity index (χ0v) is 15.1. The van der Waals surface area contributed by atoms with Crippen molar-refractivity contribution in [3.05, 3.63) is 48.3 Å². The number of tetrazole rings is 1. The number of hydrogen-bond donors (Lipinski definition) is 1. The maximum atomic E-state index is 12.5. The summed E-state index contributed by atoms with van der Waals surface area (Å²) in [5, 5.41) is 14.1. The number of aryl methyl sites for hydroxylation is 3. The average Bonchev–Trinajstić information content (AvgIpc) is 3.29. The first kappa shape index (κ1) is 17.6. The van der Waals surface area contributed by atoms with E-state index in [0.717, 1.165) is 35.6 Å². The number of benzene rings is 1. The molecule has 0 saturated carbocycles. The lowest BCUT2D eigenvalue weighted by Gasteiger charge is -2.19. The topological polar surface area (TPSA) is 93.8 Å². The second kappa shape index (κ2) is 7.77. The molecule has 2 aromatic heterocycles. The van der Waals surface area contributed by atoms with E-state index in [2.05, 4.69) is 25.8 Å². The van der Waals surface area contributed by atoms with Gasteiger partial charge in [-0.05, 0) is 41.5 Å². The summed E-state index contributed by atoms with van der Waals surface area (Å²) in [7, 11) is 3.76. The molecular weight excluding hydrogens is 332 g/mol. The second-order valence-corrected chi connectivity index (χ2v) is 6.16. The van der Waals surface area contributed by atoms with Gasteiger partial charge in [-0.15, -0.1) is 5.10 Å². The highest BCUT2D eigenvalue weighted by Gasteiger charge is 2.12. The predicted molar refractivity (Wildman–Crippen MR) is 97.1 cm³/mol. The van der Waals surface area contributed by atoms with Gasteiger partial charge in [0.2, 0.25) is 0 Å². The van der Waals surface area contributed by atoms with Gasteiger partial charge in [0.05, 0.1) is 5.69 Å². The van der Waals surface area contributed by atoms with Crippen LogP contribution in [0, 0.1) is 6.92 Å². The van der Waals surface area contributed by atoms with Crippen LogP contribution in [0.25, 0.3) is 5.69 Å². The van der Waals surface area contributed by atoms with E-state index in [1.165, 1.54) is 6.33 Å². The van der Waals surface area contributed by atoms with Crippen LogP contribution in [-0.4, -0.2) is 54.3 Å². The first-order valence-electron chi connectivity index (χ1n) is 8.37. The Balaban J connectivity index is 1.58. The van der Waals surface area contributed by atoms with Crippen molar-refractivity contribution in [2.75, 3.05) is 18.9 Å². The Bertz CT molecular complexity index is 871. The number of carbonyl (C=O) groups is 1. The lowest BCUT2D eigenvalue weighted by Crippen LogP contribution is -2.32. The van der Waals surface area contributed by atoms with E-state index in [4.69, 9.17) is 0 Å². The molecule has 3 rings (SSSR count). The van der Waals surface area contributed by atoms with Crippen molar-refractivity contribution in [1.82, 2.24) is 34.7 Å². The third-order valence-corrected chi connectivity index (χ3v) is 4.24. The normalized spacial score (nSPS) is 10.7. The third kappa shape index (κ3) is 4.05. The highest BCUT2D eigenvalue weighted by atomic mass is 16.2. The molecule has 0 fully saturated rings. The number of carbonyl (C=O) groups excluding carboxylic acids is 1. The van der Waals surface area contributed by atoms with Crippen molar-refractivity contribution in [1.29, 1.82) is 0 Å². The van der Waals surface area contributed by atoms with Crippen LogP contribution in [0.4, 0.5) is 10.5 Å². The molecule has 0 unspecified atom stereocenters. The minimum absolute atomic E-state index is 0.151. The summed E-state index contributed by atoms with van der Waals surface area (Å²) in [5.74, 6) is 1.02. The Labute approximate surface area is 151 Å². The molecule has 26 heavy (non-hydrogen) atoms. The predicted octanol–water partition coefficient (Wildman–Crippen LogP) is 1.80. The van der Waals surface area contributed by atoms with Crippen molar-refractivity contribution in [3.63, 3.8) is 0 Å². The number of imidazole rings is 1. The molecule has 2 amide bonds. The van der Waals surface area contributed by atoms with Gasteiger partial charge in [-0.2, -0.15) is 0 Å². The van der Waals surface area contributed by atoms with E-state index in [9.17, 15) is 4.79 Å². The molecule has 9 heteroatoms. The monoisotopic (exact) mass is 354 g/mol. The molecule has 0 atom stereocenters. The summed E-state index contributed by atoms with van der Waals surface area (Å²) in [6.45, 7) is 2.59. The number of nitrogens with zero attached hydrogens (tertiary/aromatic N) is 7. The second-order valence-electron chi connectivity index (χ2n) is 6.16. The van der Waals surface area contributed by atoms with E-state index in [1.807, 2.05) is 42.9 Å². The van der Waals surface area contributed by atoms with Crippen LogP contribution in [-0.2, 0) is 13.5 Å². The number of hydrogen-bond acceptors (Lipinski definition) is 5. The van der Waals surface area contributed by atoms with E-state index in [1.54, 1.807) is 22.8 Å². The fraction of sp³-hybridized carbons (Fsp3) is 0.353. The third-order valence-electron chi connectivity index (χ3n) is 4.24.